The number of nitro groups is 1. The highest BCUT2D eigenvalue weighted by atomic mass is 35.5. The molecule has 0 radical (unpaired) electrons. The third-order valence-corrected chi connectivity index (χ3v) is 2.35. The molecule has 0 aliphatic carbocycles. The first-order valence-electron chi connectivity index (χ1n) is 5.23. The Labute approximate surface area is 109 Å². The molecule has 0 aliphatic rings. The predicted octanol–water partition coefficient (Wildman–Crippen LogP) is 2.58. The van der Waals surface area contributed by atoms with E-state index in [2.05, 4.69) is 0 Å². The van der Waals surface area contributed by atoms with Crippen LogP contribution < -0.4 is 4.74 Å². The number of halogens is 1. The lowest BCUT2D eigenvalue weighted by Crippen LogP contribution is -2.26. The van der Waals surface area contributed by atoms with Gasteiger partial charge in [0.1, 0.15) is 10.8 Å². The van der Waals surface area contributed by atoms with Gasteiger partial charge in [-0.2, -0.15) is 0 Å². The molecule has 0 fully saturated rings. The largest absolute Gasteiger partial charge is 0.479 e. The van der Waals surface area contributed by atoms with Gasteiger partial charge in [0.15, 0.2) is 6.10 Å². The molecular formula is C11H12ClNO5. The van der Waals surface area contributed by atoms with Crippen molar-refractivity contribution in [2.24, 2.45) is 0 Å². The second kappa shape index (κ2) is 6.20. The Balaban J connectivity index is 2.77. The van der Waals surface area contributed by atoms with Gasteiger partial charge in [-0.3, -0.25) is 10.1 Å². The van der Waals surface area contributed by atoms with E-state index in [0.29, 0.717) is 0 Å². The van der Waals surface area contributed by atoms with Crippen LogP contribution in [-0.4, -0.2) is 23.6 Å². The summed E-state index contributed by atoms with van der Waals surface area (Å²) in [6, 6.07) is 3.88. The van der Waals surface area contributed by atoms with E-state index in [1.54, 1.807) is 6.92 Å². The van der Waals surface area contributed by atoms with Gasteiger partial charge in [0.05, 0.1) is 11.5 Å². The van der Waals surface area contributed by atoms with E-state index in [1.807, 2.05) is 0 Å². The monoisotopic (exact) mass is 273 g/mol. The van der Waals surface area contributed by atoms with Crippen molar-refractivity contribution in [2.75, 3.05) is 6.61 Å². The van der Waals surface area contributed by atoms with Gasteiger partial charge >= 0.3 is 5.97 Å². The lowest BCUT2D eigenvalue weighted by Gasteiger charge is -2.13. The van der Waals surface area contributed by atoms with Gasteiger partial charge in [-0.15, -0.1) is 0 Å². The summed E-state index contributed by atoms with van der Waals surface area (Å²) in [5.74, 6) is -0.238. The molecule has 1 aromatic carbocycles. The molecule has 0 saturated carbocycles. The molecule has 1 unspecified atom stereocenters. The van der Waals surface area contributed by atoms with Crippen LogP contribution in [-0.2, 0) is 9.53 Å². The molecule has 0 spiro atoms. The Hall–Kier alpha value is -1.82. The Morgan fingerprint density at radius 2 is 2.22 bits per heavy atom. The fraction of sp³-hybridized carbons (Fsp3) is 0.364. The van der Waals surface area contributed by atoms with Crippen LogP contribution in [0.1, 0.15) is 13.8 Å². The van der Waals surface area contributed by atoms with Gasteiger partial charge < -0.3 is 9.47 Å². The number of esters is 1. The minimum atomic E-state index is -0.803. The molecule has 0 aliphatic heterocycles. The molecule has 98 valence electrons. The zero-order valence-corrected chi connectivity index (χ0v) is 10.6. The third kappa shape index (κ3) is 3.59. The lowest BCUT2D eigenvalue weighted by molar-refractivity contribution is -0.384. The van der Waals surface area contributed by atoms with Crippen LogP contribution >= 0.6 is 11.6 Å². The maximum Gasteiger partial charge on any atom is 0.347 e. The van der Waals surface area contributed by atoms with E-state index in [0.717, 1.165) is 0 Å². The van der Waals surface area contributed by atoms with Crippen molar-refractivity contribution >= 4 is 23.3 Å². The second-order valence-corrected chi connectivity index (χ2v) is 3.79. The predicted molar refractivity (Wildman–Crippen MR) is 64.8 cm³/mol. The summed E-state index contributed by atoms with van der Waals surface area (Å²) in [5, 5.41) is 10.5. The fourth-order valence-corrected chi connectivity index (χ4v) is 1.46. The molecule has 1 rings (SSSR count). The summed E-state index contributed by atoms with van der Waals surface area (Å²) in [5.41, 5.74) is -0.215. The lowest BCUT2D eigenvalue weighted by atomic mass is 10.3. The van der Waals surface area contributed by atoms with Crippen LogP contribution in [0.25, 0.3) is 0 Å². The molecule has 0 bridgehead atoms. The van der Waals surface area contributed by atoms with Gasteiger partial charge in [0, 0.05) is 12.1 Å². The van der Waals surface area contributed by atoms with E-state index >= 15 is 0 Å². The molecular weight excluding hydrogens is 262 g/mol. The fourth-order valence-electron chi connectivity index (χ4n) is 1.22. The first-order chi connectivity index (χ1) is 8.45. The number of nitro benzene ring substituents is 1. The maximum atomic E-state index is 11.3. The number of benzene rings is 1. The van der Waals surface area contributed by atoms with E-state index < -0.39 is 17.0 Å². The van der Waals surface area contributed by atoms with Gasteiger partial charge in [-0.05, 0) is 19.9 Å². The summed E-state index contributed by atoms with van der Waals surface area (Å²) < 4.78 is 10.0. The molecule has 0 N–H and O–H groups in total. The maximum absolute atomic E-state index is 11.3. The zero-order valence-electron chi connectivity index (χ0n) is 9.88. The summed E-state index contributed by atoms with van der Waals surface area (Å²) in [7, 11) is 0. The zero-order chi connectivity index (χ0) is 13.7. The van der Waals surface area contributed by atoms with Crippen LogP contribution in [0.4, 0.5) is 5.69 Å². The first kappa shape index (κ1) is 14.2. The quantitative estimate of drug-likeness (QED) is 0.468. The molecule has 0 heterocycles. The Morgan fingerprint density at radius 3 is 2.72 bits per heavy atom. The Morgan fingerprint density at radius 1 is 1.56 bits per heavy atom. The van der Waals surface area contributed by atoms with Crippen LogP contribution in [0.15, 0.2) is 18.2 Å². The number of ether oxygens (including phenoxy) is 2. The normalized spacial score (nSPS) is 11.7. The van der Waals surface area contributed by atoms with Crippen molar-refractivity contribution in [2.45, 2.75) is 20.0 Å². The number of nitrogens with zero attached hydrogens (tertiary/aromatic N) is 1. The van der Waals surface area contributed by atoms with E-state index in [1.165, 1.54) is 25.1 Å². The minimum absolute atomic E-state index is 0.0476. The van der Waals surface area contributed by atoms with Crippen molar-refractivity contribution < 1.29 is 19.2 Å². The highest BCUT2D eigenvalue weighted by molar-refractivity contribution is 6.32. The van der Waals surface area contributed by atoms with Crippen molar-refractivity contribution in [3.05, 3.63) is 33.3 Å². The van der Waals surface area contributed by atoms with E-state index in [4.69, 9.17) is 21.1 Å². The van der Waals surface area contributed by atoms with Gasteiger partial charge in [-0.1, -0.05) is 11.6 Å². The van der Waals surface area contributed by atoms with Crippen LogP contribution in [0.2, 0.25) is 5.02 Å². The molecule has 1 aromatic rings. The van der Waals surface area contributed by atoms with Crippen molar-refractivity contribution in [3.8, 4) is 5.75 Å². The highest BCUT2D eigenvalue weighted by Crippen LogP contribution is 2.28. The van der Waals surface area contributed by atoms with Crippen LogP contribution in [0.5, 0.6) is 5.75 Å². The number of carbonyl (C=O) groups excluding carboxylic acids is 1. The molecule has 0 aromatic heterocycles. The first-order valence-corrected chi connectivity index (χ1v) is 5.60. The topological polar surface area (TPSA) is 78.7 Å². The van der Waals surface area contributed by atoms with Crippen LogP contribution in [0.3, 0.4) is 0 Å². The average molecular weight is 274 g/mol. The highest BCUT2D eigenvalue weighted by Gasteiger charge is 2.18. The molecule has 0 saturated heterocycles. The number of carbonyl (C=O) groups is 1. The molecule has 6 nitrogen and oxygen atoms in total. The van der Waals surface area contributed by atoms with Crippen molar-refractivity contribution in [1.82, 2.24) is 0 Å². The Bertz CT molecular complexity index is 463. The van der Waals surface area contributed by atoms with E-state index in [-0.39, 0.29) is 23.1 Å². The standard InChI is InChI=1S/C11H12ClNO5/c1-3-17-11(14)7(2)18-8-4-5-10(13(15)16)9(12)6-8/h4-7H,3H2,1-2H3. The second-order valence-electron chi connectivity index (χ2n) is 3.38. The van der Waals surface area contributed by atoms with Gasteiger partial charge in [0.25, 0.3) is 5.69 Å². The smallest absolute Gasteiger partial charge is 0.347 e. The SMILES string of the molecule is CCOC(=O)C(C)Oc1ccc([N+](=O)[O-])c(Cl)c1. The van der Waals surface area contributed by atoms with Crippen molar-refractivity contribution in [1.29, 1.82) is 0 Å². The number of rotatable bonds is 5. The number of hydrogen-bond acceptors (Lipinski definition) is 5. The Kier molecular flexibility index (Phi) is 4.91. The molecule has 18 heavy (non-hydrogen) atoms. The van der Waals surface area contributed by atoms with Crippen molar-refractivity contribution in [3.63, 3.8) is 0 Å². The summed E-state index contributed by atoms with van der Waals surface area (Å²) >= 11 is 5.71. The summed E-state index contributed by atoms with van der Waals surface area (Å²) in [4.78, 5) is 21.3. The molecule has 7 heteroatoms. The van der Waals surface area contributed by atoms with Crippen LogP contribution in [0, 0.1) is 10.1 Å². The minimum Gasteiger partial charge on any atom is -0.479 e. The third-order valence-electron chi connectivity index (χ3n) is 2.05. The summed E-state index contributed by atoms with van der Waals surface area (Å²) in [6.45, 7) is 3.47. The summed E-state index contributed by atoms with van der Waals surface area (Å²) in [6.07, 6.45) is -0.803. The molecule has 0 amide bonds. The average Bonchev–Trinajstić information content (AvgIpc) is 2.28. The van der Waals surface area contributed by atoms with Gasteiger partial charge in [-0.25, -0.2) is 4.79 Å². The van der Waals surface area contributed by atoms with Gasteiger partial charge in [0.2, 0.25) is 0 Å². The number of hydrogen-bond donors (Lipinski definition) is 0. The molecule has 1 atom stereocenters. The van der Waals surface area contributed by atoms with E-state index in [9.17, 15) is 14.9 Å².